The highest BCUT2D eigenvalue weighted by atomic mass is 32.1. The van der Waals surface area contributed by atoms with E-state index in [1.165, 1.54) is 11.1 Å². The van der Waals surface area contributed by atoms with Crippen molar-refractivity contribution in [3.05, 3.63) is 57.3 Å². The van der Waals surface area contributed by atoms with Crippen LogP contribution in [0.2, 0.25) is 0 Å². The third-order valence-corrected chi connectivity index (χ3v) is 4.84. The van der Waals surface area contributed by atoms with Crippen LogP contribution in [0.15, 0.2) is 35.7 Å². The molecule has 0 fully saturated rings. The molecular formula is C17H18O2S. The molecule has 0 bridgehead atoms. The first-order valence-corrected chi connectivity index (χ1v) is 7.96. The Balaban J connectivity index is 1.81. The summed E-state index contributed by atoms with van der Waals surface area (Å²) >= 11 is 1.55. The van der Waals surface area contributed by atoms with Gasteiger partial charge in [0.1, 0.15) is 0 Å². The van der Waals surface area contributed by atoms with Gasteiger partial charge in [-0.05, 0) is 41.0 Å². The molecule has 1 atom stereocenters. The molecule has 1 aromatic carbocycles. The van der Waals surface area contributed by atoms with Crippen molar-refractivity contribution in [3.8, 4) is 0 Å². The lowest BCUT2D eigenvalue weighted by molar-refractivity contribution is 0.0353. The molecule has 20 heavy (non-hydrogen) atoms. The molecule has 2 aromatic rings. The molecule has 2 heterocycles. The summed E-state index contributed by atoms with van der Waals surface area (Å²) in [6.07, 6.45) is 2.22. The maximum absolute atomic E-state index is 12.5. The van der Waals surface area contributed by atoms with Gasteiger partial charge in [-0.2, -0.15) is 0 Å². The average Bonchev–Trinajstić information content (AvgIpc) is 2.96. The molecule has 1 aliphatic rings. The van der Waals surface area contributed by atoms with E-state index in [1.807, 2.05) is 17.5 Å². The Bertz CT molecular complexity index is 615. The second-order valence-electron chi connectivity index (χ2n) is 5.06. The fraction of sp³-hybridized carbons (Fsp3) is 0.353. The lowest BCUT2D eigenvalue weighted by Gasteiger charge is -2.25. The third kappa shape index (κ3) is 2.56. The number of ketones is 1. The van der Waals surface area contributed by atoms with E-state index in [1.54, 1.807) is 11.3 Å². The topological polar surface area (TPSA) is 26.3 Å². The second-order valence-corrected chi connectivity index (χ2v) is 5.98. The Labute approximate surface area is 123 Å². The van der Waals surface area contributed by atoms with E-state index < -0.39 is 0 Å². The highest BCUT2D eigenvalue weighted by molar-refractivity contribution is 7.12. The van der Waals surface area contributed by atoms with Crippen LogP contribution in [0.5, 0.6) is 0 Å². The van der Waals surface area contributed by atoms with Gasteiger partial charge in [0.2, 0.25) is 0 Å². The fourth-order valence-corrected chi connectivity index (χ4v) is 3.71. The van der Waals surface area contributed by atoms with Gasteiger partial charge in [-0.1, -0.05) is 31.2 Å². The first kappa shape index (κ1) is 13.5. The van der Waals surface area contributed by atoms with Crippen molar-refractivity contribution in [2.75, 3.05) is 6.61 Å². The first-order chi connectivity index (χ1) is 9.79. The minimum absolute atomic E-state index is 0.0840. The third-order valence-electron chi connectivity index (χ3n) is 3.84. The van der Waals surface area contributed by atoms with Crippen molar-refractivity contribution < 1.29 is 9.53 Å². The number of carbonyl (C=O) groups is 1. The summed E-state index contributed by atoms with van der Waals surface area (Å²) < 4.78 is 5.83. The number of hydrogen-bond donors (Lipinski definition) is 0. The van der Waals surface area contributed by atoms with Crippen LogP contribution < -0.4 is 0 Å². The van der Waals surface area contributed by atoms with Crippen molar-refractivity contribution in [2.24, 2.45) is 0 Å². The zero-order valence-electron chi connectivity index (χ0n) is 11.6. The van der Waals surface area contributed by atoms with E-state index in [-0.39, 0.29) is 11.9 Å². The zero-order valence-corrected chi connectivity index (χ0v) is 12.4. The SMILES string of the molecule is CCc1ccsc1C(=O)CC1OCCc2ccccc21. The predicted molar refractivity (Wildman–Crippen MR) is 81.5 cm³/mol. The molecular weight excluding hydrogens is 268 g/mol. The quantitative estimate of drug-likeness (QED) is 0.787. The molecule has 1 aliphatic heterocycles. The summed E-state index contributed by atoms with van der Waals surface area (Å²) in [6.45, 7) is 2.80. The summed E-state index contributed by atoms with van der Waals surface area (Å²) in [5, 5.41) is 2.00. The maximum atomic E-state index is 12.5. The fourth-order valence-electron chi connectivity index (χ4n) is 2.77. The lowest BCUT2D eigenvalue weighted by Crippen LogP contribution is -2.19. The summed E-state index contributed by atoms with van der Waals surface area (Å²) in [4.78, 5) is 13.4. The standard InChI is InChI=1S/C17H18O2S/c1-2-12-8-10-20-17(12)15(18)11-16-14-6-4-3-5-13(14)7-9-19-16/h3-6,8,10,16H,2,7,9,11H2,1H3. The number of carbonyl (C=O) groups excluding carboxylic acids is 1. The van der Waals surface area contributed by atoms with Crippen LogP contribution >= 0.6 is 11.3 Å². The van der Waals surface area contributed by atoms with Gasteiger partial charge >= 0.3 is 0 Å². The Morgan fingerprint density at radius 2 is 2.20 bits per heavy atom. The maximum Gasteiger partial charge on any atom is 0.176 e. The van der Waals surface area contributed by atoms with Gasteiger partial charge in [0, 0.05) is 6.42 Å². The normalized spacial score (nSPS) is 17.8. The highest BCUT2D eigenvalue weighted by Crippen LogP contribution is 2.31. The Kier molecular flexibility index (Phi) is 3.99. The largest absolute Gasteiger partial charge is 0.373 e. The number of ether oxygens (including phenoxy) is 1. The smallest absolute Gasteiger partial charge is 0.176 e. The van der Waals surface area contributed by atoms with E-state index in [4.69, 9.17) is 4.74 Å². The molecule has 0 aliphatic carbocycles. The molecule has 0 spiro atoms. The number of hydrogen-bond acceptors (Lipinski definition) is 3. The second kappa shape index (κ2) is 5.90. The van der Waals surface area contributed by atoms with Crippen molar-refractivity contribution >= 4 is 17.1 Å². The Morgan fingerprint density at radius 1 is 1.35 bits per heavy atom. The minimum Gasteiger partial charge on any atom is -0.373 e. The van der Waals surface area contributed by atoms with Gasteiger partial charge in [-0.15, -0.1) is 11.3 Å². The van der Waals surface area contributed by atoms with Crippen LogP contribution in [0.3, 0.4) is 0 Å². The molecule has 0 saturated heterocycles. The van der Waals surface area contributed by atoms with Gasteiger partial charge in [0.25, 0.3) is 0 Å². The van der Waals surface area contributed by atoms with Crippen LogP contribution in [-0.2, 0) is 17.6 Å². The average molecular weight is 286 g/mol. The minimum atomic E-state index is -0.0840. The van der Waals surface area contributed by atoms with Gasteiger partial charge in [0.05, 0.1) is 17.6 Å². The van der Waals surface area contributed by atoms with E-state index >= 15 is 0 Å². The molecule has 0 radical (unpaired) electrons. The van der Waals surface area contributed by atoms with Crippen molar-refractivity contribution in [2.45, 2.75) is 32.3 Å². The van der Waals surface area contributed by atoms with Crippen LogP contribution in [0.1, 0.15) is 45.8 Å². The van der Waals surface area contributed by atoms with Crippen LogP contribution in [0.25, 0.3) is 0 Å². The van der Waals surface area contributed by atoms with Gasteiger partial charge in [-0.25, -0.2) is 0 Å². The number of aryl methyl sites for hydroxylation is 1. The van der Waals surface area contributed by atoms with Gasteiger partial charge in [0.15, 0.2) is 5.78 Å². The number of fused-ring (bicyclic) bond motifs is 1. The van der Waals surface area contributed by atoms with E-state index in [2.05, 4.69) is 25.1 Å². The Hall–Kier alpha value is -1.45. The van der Waals surface area contributed by atoms with E-state index in [9.17, 15) is 4.79 Å². The van der Waals surface area contributed by atoms with E-state index in [0.29, 0.717) is 13.0 Å². The number of rotatable bonds is 4. The molecule has 0 N–H and O–H groups in total. The molecule has 2 nitrogen and oxygen atoms in total. The molecule has 3 heteroatoms. The van der Waals surface area contributed by atoms with Gasteiger partial charge < -0.3 is 4.74 Å². The summed E-state index contributed by atoms with van der Waals surface area (Å²) in [6, 6.07) is 10.3. The summed E-state index contributed by atoms with van der Waals surface area (Å²) in [7, 11) is 0. The molecule has 0 saturated carbocycles. The predicted octanol–water partition coefficient (Wildman–Crippen LogP) is 4.20. The number of benzene rings is 1. The molecule has 104 valence electrons. The summed E-state index contributed by atoms with van der Waals surface area (Å²) in [5.74, 6) is 0.207. The van der Waals surface area contributed by atoms with Crippen LogP contribution in [-0.4, -0.2) is 12.4 Å². The van der Waals surface area contributed by atoms with E-state index in [0.717, 1.165) is 23.3 Å². The Morgan fingerprint density at radius 3 is 3.05 bits per heavy atom. The van der Waals surface area contributed by atoms with Crippen LogP contribution in [0.4, 0.5) is 0 Å². The number of thiophene rings is 1. The number of Topliss-reactive ketones (excluding diaryl/α,β-unsaturated/α-hetero) is 1. The highest BCUT2D eigenvalue weighted by Gasteiger charge is 2.24. The molecule has 1 aromatic heterocycles. The molecule has 0 amide bonds. The van der Waals surface area contributed by atoms with Crippen LogP contribution in [0, 0.1) is 0 Å². The van der Waals surface area contributed by atoms with Gasteiger partial charge in [-0.3, -0.25) is 4.79 Å². The zero-order chi connectivity index (χ0) is 13.9. The lowest BCUT2D eigenvalue weighted by atomic mass is 9.94. The molecule has 3 rings (SSSR count). The van der Waals surface area contributed by atoms with Crippen molar-refractivity contribution in [3.63, 3.8) is 0 Å². The van der Waals surface area contributed by atoms with Crippen molar-refractivity contribution in [1.82, 2.24) is 0 Å². The summed E-state index contributed by atoms with van der Waals surface area (Å²) in [5.41, 5.74) is 3.66. The first-order valence-electron chi connectivity index (χ1n) is 7.08. The molecule has 1 unspecified atom stereocenters. The monoisotopic (exact) mass is 286 g/mol. The van der Waals surface area contributed by atoms with Crippen molar-refractivity contribution in [1.29, 1.82) is 0 Å².